The molecule has 0 atom stereocenters. The molecule has 0 amide bonds. The van der Waals surface area contributed by atoms with Gasteiger partial charge in [-0.25, -0.2) is 0 Å². The Morgan fingerprint density at radius 3 is 2.83 bits per heavy atom. The molecule has 1 N–H and O–H groups in total. The summed E-state index contributed by atoms with van der Waals surface area (Å²) in [5.74, 6) is 0.122. The predicted molar refractivity (Wildman–Crippen MR) is 41.4 cm³/mol. The second-order valence-corrected chi connectivity index (χ2v) is 1.98. The molecule has 0 saturated carbocycles. The number of rotatable bonds is 3. The third-order valence-electron chi connectivity index (χ3n) is 1.15. The molecule has 0 fully saturated rings. The van der Waals surface area contributed by atoms with Gasteiger partial charge in [-0.05, 0) is 6.92 Å². The Balaban J connectivity index is 2.90. The summed E-state index contributed by atoms with van der Waals surface area (Å²) in [5, 5.41) is 9.04. The van der Waals surface area contributed by atoms with Gasteiger partial charge in [0.05, 0.1) is 19.8 Å². The molecule has 0 aliphatic carbocycles. The number of hydrogen-bond acceptors (Lipinski definition) is 5. The van der Waals surface area contributed by atoms with Crippen LogP contribution >= 0.6 is 0 Å². The Labute approximate surface area is 70.0 Å². The van der Waals surface area contributed by atoms with Crippen LogP contribution in [-0.4, -0.2) is 28.8 Å². The summed E-state index contributed by atoms with van der Waals surface area (Å²) in [6, 6.07) is 1.43. The molecule has 0 aliphatic rings. The van der Waals surface area contributed by atoms with E-state index in [-0.39, 0.29) is 17.8 Å². The van der Waals surface area contributed by atoms with Crippen LogP contribution in [-0.2, 0) is 0 Å². The third kappa shape index (κ3) is 1.98. The van der Waals surface area contributed by atoms with Gasteiger partial charge in [0.2, 0.25) is 11.8 Å². The van der Waals surface area contributed by atoms with E-state index >= 15 is 0 Å². The van der Waals surface area contributed by atoms with E-state index in [1.807, 2.05) is 0 Å². The number of methoxy groups -OCH3 is 1. The topological polar surface area (TPSA) is 64.5 Å². The SMILES string of the molecule is CCOc1nc(O)cc(OC)n1. The Hall–Kier alpha value is -1.52. The smallest absolute Gasteiger partial charge is 0.323 e. The Morgan fingerprint density at radius 2 is 2.25 bits per heavy atom. The highest BCUT2D eigenvalue weighted by molar-refractivity contribution is 5.21. The van der Waals surface area contributed by atoms with E-state index in [9.17, 15) is 0 Å². The van der Waals surface area contributed by atoms with Crippen molar-refractivity contribution < 1.29 is 14.6 Å². The van der Waals surface area contributed by atoms with Crippen LogP contribution in [0.4, 0.5) is 0 Å². The summed E-state index contributed by atoms with van der Waals surface area (Å²) in [7, 11) is 1.46. The molecule has 66 valence electrons. The summed E-state index contributed by atoms with van der Waals surface area (Å²) in [6.07, 6.45) is 0. The Morgan fingerprint density at radius 1 is 1.50 bits per heavy atom. The predicted octanol–water partition coefficient (Wildman–Crippen LogP) is 0.589. The van der Waals surface area contributed by atoms with Crippen LogP contribution in [0, 0.1) is 0 Å². The summed E-state index contributed by atoms with van der Waals surface area (Å²) in [5.41, 5.74) is 0. The lowest BCUT2D eigenvalue weighted by molar-refractivity contribution is 0.294. The zero-order chi connectivity index (χ0) is 8.97. The van der Waals surface area contributed by atoms with Gasteiger partial charge in [0.25, 0.3) is 0 Å². The van der Waals surface area contributed by atoms with Crippen molar-refractivity contribution in [2.24, 2.45) is 0 Å². The van der Waals surface area contributed by atoms with Crippen molar-refractivity contribution in [3.8, 4) is 17.8 Å². The molecule has 0 aliphatic heterocycles. The first-order valence-corrected chi connectivity index (χ1v) is 3.51. The van der Waals surface area contributed by atoms with Gasteiger partial charge in [-0.3, -0.25) is 0 Å². The van der Waals surface area contributed by atoms with E-state index in [0.717, 1.165) is 0 Å². The molecular weight excluding hydrogens is 160 g/mol. The number of nitrogens with zero attached hydrogens (tertiary/aromatic N) is 2. The highest BCUT2D eigenvalue weighted by Crippen LogP contribution is 2.17. The van der Waals surface area contributed by atoms with Crippen LogP contribution in [0.5, 0.6) is 17.8 Å². The number of ether oxygens (including phenoxy) is 2. The minimum absolute atomic E-state index is 0.120. The normalized spacial score (nSPS) is 9.50. The van der Waals surface area contributed by atoms with Gasteiger partial charge in [-0.2, -0.15) is 9.97 Å². The molecular formula is C7H10N2O3. The standard InChI is InChI=1S/C7H10N2O3/c1-3-12-7-8-5(10)4-6(9-7)11-2/h4H,3H2,1-2H3,(H,8,9,10). The number of aromatic hydroxyl groups is 1. The van der Waals surface area contributed by atoms with E-state index in [1.165, 1.54) is 13.2 Å². The molecule has 0 spiro atoms. The number of hydrogen-bond donors (Lipinski definition) is 1. The summed E-state index contributed by atoms with van der Waals surface area (Å²) >= 11 is 0. The first kappa shape index (κ1) is 8.58. The van der Waals surface area contributed by atoms with Gasteiger partial charge in [0.15, 0.2) is 0 Å². The maximum atomic E-state index is 9.04. The maximum Gasteiger partial charge on any atom is 0.323 e. The van der Waals surface area contributed by atoms with Gasteiger partial charge in [-0.15, -0.1) is 0 Å². The minimum atomic E-state index is -0.162. The molecule has 5 nitrogen and oxygen atoms in total. The summed E-state index contributed by atoms with van der Waals surface area (Å²) in [6.45, 7) is 2.26. The van der Waals surface area contributed by atoms with E-state index in [4.69, 9.17) is 14.6 Å². The molecule has 0 bridgehead atoms. The van der Waals surface area contributed by atoms with E-state index in [1.54, 1.807) is 6.92 Å². The third-order valence-corrected chi connectivity index (χ3v) is 1.15. The molecule has 0 radical (unpaired) electrons. The fourth-order valence-corrected chi connectivity index (χ4v) is 0.690. The van der Waals surface area contributed by atoms with Crippen LogP contribution in [0.3, 0.4) is 0 Å². The zero-order valence-corrected chi connectivity index (χ0v) is 6.94. The fraction of sp³-hybridized carbons (Fsp3) is 0.429. The van der Waals surface area contributed by atoms with Gasteiger partial charge in [-0.1, -0.05) is 0 Å². The van der Waals surface area contributed by atoms with Gasteiger partial charge >= 0.3 is 6.01 Å². The van der Waals surface area contributed by atoms with Crippen LogP contribution in [0.25, 0.3) is 0 Å². The molecule has 1 aromatic rings. The number of aromatic nitrogens is 2. The minimum Gasteiger partial charge on any atom is -0.493 e. The second-order valence-electron chi connectivity index (χ2n) is 1.98. The lowest BCUT2D eigenvalue weighted by atomic mass is 10.6. The molecule has 0 saturated heterocycles. The summed E-state index contributed by atoms with van der Waals surface area (Å²) in [4.78, 5) is 7.44. The van der Waals surface area contributed by atoms with Gasteiger partial charge < -0.3 is 14.6 Å². The largest absolute Gasteiger partial charge is 0.493 e. The first-order chi connectivity index (χ1) is 5.76. The average Bonchev–Trinajstić information content (AvgIpc) is 2.04. The van der Waals surface area contributed by atoms with Crippen LogP contribution < -0.4 is 9.47 Å². The molecule has 1 rings (SSSR count). The van der Waals surface area contributed by atoms with Crippen molar-refractivity contribution in [1.82, 2.24) is 9.97 Å². The maximum absolute atomic E-state index is 9.04. The van der Waals surface area contributed by atoms with Crippen LogP contribution in [0.2, 0.25) is 0 Å². The summed E-state index contributed by atoms with van der Waals surface area (Å²) < 4.78 is 9.76. The van der Waals surface area contributed by atoms with Gasteiger partial charge in [0.1, 0.15) is 0 Å². The fourth-order valence-electron chi connectivity index (χ4n) is 0.690. The van der Waals surface area contributed by atoms with Crippen molar-refractivity contribution in [3.05, 3.63) is 6.07 Å². The van der Waals surface area contributed by atoms with Gasteiger partial charge in [0, 0.05) is 0 Å². The molecule has 12 heavy (non-hydrogen) atoms. The van der Waals surface area contributed by atoms with E-state index < -0.39 is 0 Å². The van der Waals surface area contributed by atoms with Crippen molar-refractivity contribution in [3.63, 3.8) is 0 Å². The van der Waals surface area contributed by atoms with E-state index in [2.05, 4.69) is 9.97 Å². The molecule has 1 heterocycles. The van der Waals surface area contributed by atoms with E-state index in [0.29, 0.717) is 6.61 Å². The van der Waals surface area contributed by atoms with Crippen molar-refractivity contribution in [2.75, 3.05) is 13.7 Å². The molecule has 0 unspecified atom stereocenters. The average molecular weight is 170 g/mol. The quantitative estimate of drug-likeness (QED) is 0.719. The zero-order valence-electron chi connectivity index (χ0n) is 6.94. The Bertz CT molecular complexity index is 265. The molecule has 0 aromatic carbocycles. The van der Waals surface area contributed by atoms with Crippen LogP contribution in [0.15, 0.2) is 6.07 Å². The monoisotopic (exact) mass is 170 g/mol. The Kier molecular flexibility index (Phi) is 2.68. The lowest BCUT2D eigenvalue weighted by Gasteiger charge is -2.03. The first-order valence-electron chi connectivity index (χ1n) is 3.51. The molecule has 1 aromatic heterocycles. The molecule has 5 heteroatoms. The van der Waals surface area contributed by atoms with Crippen LogP contribution in [0.1, 0.15) is 6.92 Å². The highest BCUT2D eigenvalue weighted by atomic mass is 16.5. The lowest BCUT2D eigenvalue weighted by Crippen LogP contribution is -1.98. The highest BCUT2D eigenvalue weighted by Gasteiger charge is 2.03. The van der Waals surface area contributed by atoms with Crippen molar-refractivity contribution in [2.45, 2.75) is 6.92 Å². The second kappa shape index (κ2) is 3.75. The van der Waals surface area contributed by atoms with Crippen molar-refractivity contribution in [1.29, 1.82) is 0 Å². The van der Waals surface area contributed by atoms with Crippen molar-refractivity contribution >= 4 is 0 Å².